The molecule has 2 aromatic carbocycles. The molecule has 5 rings (SSSR count). The molecule has 3 aliphatic heterocycles. The van der Waals surface area contributed by atoms with Crippen LogP contribution in [0, 0.1) is 31.6 Å². The number of hydrogen-bond acceptors (Lipinski definition) is 5. The number of aryl methyl sites for hydroxylation is 2. The number of hydrogen-bond donors (Lipinski definition) is 3. The van der Waals surface area contributed by atoms with Crippen molar-refractivity contribution < 1.29 is 24.2 Å². The Labute approximate surface area is 236 Å². The number of amides is 3. The van der Waals surface area contributed by atoms with Crippen molar-refractivity contribution in [3.8, 4) is 0 Å². The zero-order valence-electron chi connectivity index (χ0n) is 24.1. The molecule has 3 fully saturated rings. The van der Waals surface area contributed by atoms with E-state index in [2.05, 4.69) is 10.6 Å². The molecular weight excluding hydrogens is 506 g/mol. The fourth-order valence-corrected chi connectivity index (χ4v) is 7.51. The Morgan fingerprint density at radius 3 is 2.30 bits per heavy atom. The van der Waals surface area contributed by atoms with Crippen LogP contribution in [0.5, 0.6) is 0 Å². The number of rotatable bonds is 9. The molecule has 2 unspecified atom stereocenters. The molecule has 8 heteroatoms. The lowest BCUT2D eigenvalue weighted by Gasteiger charge is -2.38. The second-order valence-electron chi connectivity index (χ2n) is 12.2. The van der Waals surface area contributed by atoms with Crippen molar-refractivity contribution in [1.82, 2.24) is 4.90 Å². The van der Waals surface area contributed by atoms with Crippen molar-refractivity contribution in [3.05, 3.63) is 59.7 Å². The van der Waals surface area contributed by atoms with Gasteiger partial charge < -0.3 is 25.4 Å². The number of anilines is 2. The Bertz CT molecular complexity index is 1280. The van der Waals surface area contributed by atoms with Gasteiger partial charge in [-0.1, -0.05) is 57.2 Å². The Balaban J connectivity index is 1.59. The first-order valence-electron chi connectivity index (χ1n) is 14.4. The number of aliphatic hydroxyl groups excluding tert-OH is 1. The third-order valence-corrected chi connectivity index (χ3v) is 9.27. The molecule has 40 heavy (non-hydrogen) atoms. The molecule has 8 nitrogen and oxygen atoms in total. The molecule has 214 valence electrons. The third-order valence-electron chi connectivity index (χ3n) is 9.27. The first-order valence-corrected chi connectivity index (χ1v) is 14.4. The van der Waals surface area contributed by atoms with Gasteiger partial charge in [-0.05, 0) is 68.7 Å². The van der Waals surface area contributed by atoms with Crippen molar-refractivity contribution in [1.29, 1.82) is 0 Å². The maximum atomic E-state index is 14.5. The Morgan fingerprint density at radius 2 is 1.70 bits per heavy atom. The van der Waals surface area contributed by atoms with Crippen molar-refractivity contribution >= 4 is 29.1 Å². The monoisotopic (exact) mass is 547 g/mol. The van der Waals surface area contributed by atoms with Crippen molar-refractivity contribution in [3.63, 3.8) is 0 Å². The van der Waals surface area contributed by atoms with E-state index >= 15 is 0 Å². The summed E-state index contributed by atoms with van der Waals surface area (Å²) in [5, 5.41) is 16.6. The smallest absolute Gasteiger partial charge is 0.250 e. The van der Waals surface area contributed by atoms with Crippen LogP contribution < -0.4 is 10.6 Å². The lowest BCUT2D eigenvalue weighted by Crippen LogP contribution is -2.56. The van der Waals surface area contributed by atoms with Gasteiger partial charge in [-0.15, -0.1) is 0 Å². The van der Waals surface area contributed by atoms with E-state index in [0.717, 1.165) is 11.1 Å². The van der Waals surface area contributed by atoms with Crippen molar-refractivity contribution in [2.24, 2.45) is 17.8 Å². The van der Waals surface area contributed by atoms with E-state index in [9.17, 15) is 19.5 Å². The minimum atomic E-state index is -1.16. The number of aliphatic hydroxyl groups is 1. The third kappa shape index (κ3) is 4.41. The van der Waals surface area contributed by atoms with E-state index in [4.69, 9.17) is 4.74 Å². The molecule has 1 spiro atoms. The zero-order chi connectivity index (χ0) is 28.8. The van der Waals surface area contributed by atoms with Crippen LogP contribution in [0.2, 0.25) is 0 Å². The summed E-state index contributed by atoms with van der Waals surface area (Å²) >= 11 is 0. The quantitative estimate of drug-likeness (QED) is 0.430. The summed E-state index contributed by atoms with van der Waals surface area (Å²) in [7, 11) is 0. The maximum absolute atomic E-state index is 14.5. The maximum Gasteiger partial charge on any atom is 0.250 e. The van der Waals surface area contributed by atoms with Crippen LogP contribution in [0.3, 0.4) is 0 Å². The molecular formula is C32H41N3O5. The number of para-hydroxylation sites is 2. The van der Waals surface area contributed by atoms with Crippen LogP contribution in [-0.4, -0.2) is 57.6 Å². The summed E-state index contributed by atoms with van der Waals surface area (Å²) in [6, 6.07) is 13.5. The number of carbonyl (C=O) groups is 3. The largest absolute Gasteiger partial charge is 0.394 e. The normalized spacial score (nSPS) is 29.5. The van der Waals surface area contributed by atoms with Gasteiger partial charge in [0, 0.05) is 11.4 Å². The van der Waals surface area contributed by atoms with E-state index in [-0.39, 0.29) is 30.2 Å². The second-order valence-corrected chi connectivity index (χ2v) is 12.2. The van der Waals surface area contributed by atoms with Gasteiger partial charge in [-0.2, -0.15) is 0 Å². The molecule has 0 radical (unpaired) electrons. The SMILES string of the molecule is CC[C@@]12CCC3(O1)C(C(=O)Nc1c(C)cccc1C)N([C@@H](CO)CC(C)C)C(=O)[C@@H]3[C@@H]2C(=O)Nc1ccccc1. The van der Waals surface area contributed by atoms with Gasteiger partial charge in [0.05, 0.1) is 30.1 Å². The average Bonchev–Trinajstić information content (AvgIpc) is 3.53. The fraction of sp³-hybridized carbons (Fsp3) is 0.531. The highest BCUT2D eigenvalue weighted by atomic mass is 16.5. The van der Waals surface area contributed by atoms with Crippen LogP contribution >= 0.6 is 0 Å². The standard InChI is InChI=1S/C32H41N3O5/c1-6-31-15-16-32(40-31)25(24(31)28(37)33-22-13-8-7-9-14-22)30(39)35(23(18-36)17-19(2)3)27(32)29(38)34-26-20(4)11-10-12-21(26)5/h7-14,19,23-25,27,36H,6,15-18H2,1-5H3,(H,33,37)(H,34,38)/t23-,24-,25+,27?,31+,32?/m1/s1. The van der Waals surface area contributed by atoms with Crippen molar-refractivity contribution in [2.75, 3.05) is 17.2 Å². The van der Waals surface area contributed by atoms with Crippen molar-refractivity contribution in [2.45, 2.75) is 83.6 Å². The highest BCUT2D eigenvalue weighted by Gasteiger charge is 2.79. The molecule has 2 bridgehead atoms. The van der Waals surface area contributed by atoms with Gasteiger partial charge in [0.1, 0.15) is 11.6 Å². The van der Waals surface area contributed by atoms with E-state index in [1.54, 1.807) is 4.90 Å². The lowest BCUT2D eigenvalue weighted by atomic mass is 9.65. The summed E-state index contributed by atoms with van der Waals surface area (Å²) in [4.78, 5) is 44.2. The van der Waals surface area contributed by atoms with Crippen LogP contribution in [-0.2, 0) is 19.1 Å². The molecule has 3 saturated heterocycles. The van der Waals surface area contributed by atoms with Crippen LogP contribution in [0.15, 0.2) is 48.5 Å². The summed E-state index contributed by atoms with van der Waals surface area (Å²) in [6.07, 6.45) is 2.15. The lowest BCUT2D eigenvalue weighted by molar-refractivity contribution is -0.148. The summed E-state index contributed by atoms with van der Waals surface area (Å²) in [6.45, 7) is 9.62. The Hall–Kier alpha value is -3.23. The fourth-order valence-electron chi connectivity index (χ4n) is 7.51. The number of ether oxygens (including phenoxy) is 1. The highest BCUT2D eigenvalue weighted by Crippen LogP contribution is 2.64. The molecule has 3 aliphatic rings. The van der Waals surface area contributed by atoms with Gasteiger partial charge in [-0.3, -0.25) is 14.4 Å². The minimum Gasteiger partial charge on any atom is -0.394 e. The van der Waals surface area contributed by atoms with E-state index < -0.39 is 35.1 Å². The molecule has 3 amide bonds. The van der Waals surface area contributed by atoms with Crippen LogP contribution in [0.4, 0.5) is 11.4 Å². The van der Waals surface area contributed by atoms with Gasteiger partial charge >= 0.3 is 0 Å². The molecule has 2 aromatic rings. The number of benzene rings is 2. The molecule has 3 heterocycles. The highest BCUT2D eigenvalue weighted by molar-refractivity contribution is 6.05. The van der Waals surface area contributed by atoms with Crippen LogP contribution in [0.1, 0.15) is 57.6 Å². The first kappa shape index (κ1) is 28.3. The molecule has 0 aromatic heterocycles. The first-order chi connectivity index (χ1) is 19.1. The molecule has 0 aliphatic carbocycles. The number of nitrogens with zero attached hydrogens (tertiary/aromatic N) is 1. The zero-order valence-corrected chi connectivity index (χ0v) is 24.1. The van der Waals surface area contributed by atoms with E-state index in [1.165, 1.54) is 0 Å². The number of likely N-dealkylation sites (tertiary alicyclic amines) is 1. The summed E-state index contributed by atoms with van der Waals surface area (Å²) in [5.74, 6) is -2.29. The van der Waals surface area contributed by atoms with Gasteiger partial charge in [0.15, 0.2) is 0 Å². The number of fused-ring (bicyclic) bond motifs is 1. The van der Waals surface area contributed by atoms with E-state index in [1.807, 2.05) is 83.1 Å². The van der Waals surface area contributed by atoms with Gasteiger partial charge in [0.25, 0.3) is 0 Å². The minimum absolute atomic E-state index is 0.182. The average molecular weight is 548 g/mol. The molecule has 6 atom stereocenters. The molecule has 3 N–H and O–H groups in total. The Morgan fingerprint density at radius 1 is 1.02 bits per heavy atom. The topological polar surface area (TPSA) is 108 Å². The second kappa shape index (κ2) is 10.6. The summed E-state index contributed by atoms with van der Waals surface area (Å²) < 4.78 is 6.86. The molecule has 0 saturated carbocycles. The summed E-state index contributed by atoms with van der Waals surface area (Å²) in [5.41, 5.74) is 1.20. The predicted molar refractivity (Wildman–Crippen MR) is 154 cm³/mol. The van der Waals surface area contributed by atoms with Gasteiger partial charge in [0.2, 0.25) is 17.7 Å². The van der Waals surface area contributed by atoms with Gasteiger partial charge in [-0.25, -0.2) is 0 Å². The Kier molecular flexibility index (Phi) is 7.52. The van der Waals surface area contributed by atoms with Crippen LogP contribution in [0.25, 0.3) is 0 Å². The predicted octanol–water partition coefficient (Wildman–Crippen LogP) is 4.44. The number of nitrogens with one attached hydrogen (secondary N) is 2. The van der Waals surface area contributed by atoms with E-state index in [0.29, 0.717) is 37.1 Å². The number of carbonyl (C=O) groups excluding carboxylic acids is 3.